The number of aromatic amines is 2. The van der Waals surface area contributed by atoms with Gasteiger partial charge < -0.3 is 49.3 Å². The number of benzene rings is 2. The molecule has 77 heavy (non-hydrogen) atoms. The molecule has 0 radical (unpaired) electrons. The van der Waals surface area contributed by atoms with E-state index in [1.54, 1.807) is 39.8 Å². The lowest BCUT2D eigenvalue weighted by Gasteiger charge is -2.16. The van der Waals surface area contributed by atoms with E-state index in [4.69, 9.17) is 31.2 Å². The van der Waals surface area contributed by atoms with Gasteiger partial charge in [0.05, 0.1) is 25.4 Å². The van der Waals surface area contributed by atoms with Crippen LogP contribution in [-0.2, 0) is 60.8 Å². The van der Waals surface area contributed by atoms with Gasteiger partial charge in [-0.1, -0.05) is 88.4 Å². The van der Waals surface area contributed by atoms with Gasteiger partial charge in [0.2, 0.25) is 25.1 Å². The Morgan fingerprint density at radius 2 is 1.16 bits per heavy atom. The van der Waals surface area contributed by atoms with Gasteiger partial charge in [-0.3, -0.25) is 58.5 Å². The van der Waals surface area contributed by atoms with Crippen LogP contribution in [0.2, 0.25) is 0 Å². The molecule has 0 spiro atoms. The first kappa shape index (κ1) is 54.7. The van der Waals surface area contributed by atoms with Crippen molar-refractivity contribution in [1.29, 1.82) is 1.43 Å². The molecular weight excluding hydrogens is 1010 g/mol. The summed E-state index contributed by atoms with van der Waals surface area (Å²) in [7, 11) is 1.29. The number of carbonyl (C=O) groups is 6. The molecule has 412 valence electrons. The number of fused-ring (bicyclic) bond motifs is 2. The van der Waals surface area contributed by atoms with Crippen molar-refractivity contribution in [3.63, 3.8) is 0 Å². The summed E-state index contributed by atoms with van der Waals surface area (Å²) in [6.45, 7) is 5.49. The van der Waals surface area contributed by atoms with E-state index in [0.717, 1.165) is 11.1 Å². The topological polar surface area (TPSA) is 374 Å². The van der Waals surface area contributed by atoms with Crippen LogP contribution in [0.1, 0.15) is 72.4 Å². The molecular formula is C49H60N12O16. The molecule has 0 bridgehead atoms. The summed E-state index contributed by atoms with van der Waals surface area (Å²) in [5.74, 6) is -2.69. The van der Waals surface area contributed by atoms with Gasteiger partial charge in [-0.05, 0) is 18.0 Å². The Kier molecular flexibility index (Phi) is 19.4. The van der Waals surface area contributed by atoms with Crippen LogP contribution < -0.4 is 32.4 Å². The molecule has 2 unspecified atom stereocenters. The van der Waals surface area contributed by atoms with Crippen molar-refractivity contribution < 1.29 is 68.8 Å². The van der Waals surface area contributed by atoms with Crippen LogP contribution in [0.4, 0.5) is 21.5 Å². The molecule has 0 aliphatic carbocycles. The van der Waals surface area contributed by atoms with Crippen molar-refractivity contribution in [3.8, 4) is 0 Å². The molecule has 6 heterocycles. The number of carbonyl (C=O) groups excluding carboxylic acids is 6. The van der Waals surface area contributed by atoms with Gasteiger partial charge in [-0.25, -0.2) is 19.6 Å². The summed E-state index contributed by atoms with van der Waals surface area (Å²) in [5.41, 5.74) is 0.871. The Balaban J connectivity index is 0.000000243. The quantitative estimate of drug-likeness (QED) is 0.0480. The van der Waals surface area contributed by atoms with E-state index in [-0.39, 0.29) is 90.8 Å². The number of aromatic nitrogens is 8. The van der Waals surface area contributed by atoms with Crippen molar-refractivity contribution >= 4 is 70.2 Å². The largest absolute Gasteiger partial charge is 0.460 e. The third-order valence-corrected chi connectivity index (χ3v) is 11.3. The van der Waals surface area contributed by atoms with Crippen LogP contribution >= 0.6 is 0 Å². The standard InChI is InChI=1S/C24H28N6O8.C24H28N6O7.CH4O/c1-13(2)21(33)28-23-27-20-19(22(34)29-23)26-12-30(20)17-8-15(16(10-31)37-17)38-24(35)25-9-18(32)36-11-14-6-4-3-5-7-14;1-13(2)21(32)28-23-27-20-19(22(33)29-23)26-12-30(20)17-9-16(14(3)36-17)37-24(34)25-10-18(31)35-11-15-7-5-4-6-8-15;1-2/h3-7,12-13,15-17,31H,8-11H2,1-2H3,(H,25,35)(H2,27,28,29,33,34);4-8,12-14,16-17H,9-11H2,1-3H3,(H,25,34)(H2,27,28,29,32,33);2H,1H3/t15?,16-,17-;14-,16?,17-;/m11./s1/i;3D;2T. The average molecular weight is 1080 g/mol. The number of aliphatic hydroxyl groups is 2. The van der Waals surface area contributed by atoms with Crippen LogP contribution in [0.5, 0.6) is 0 Å². The van der Waals surface area contributed by atoms with Gasteiger partial charge in [0.1, 0.15) is 57.1 Å². The number of anilines is 2. The second kappa shape index (κ2) is 27.3. The molecule has 8 N–H and O–H groups in total. The third kappa shape index (κ3) is 15.7. The van der Waals surface area contributed by atoms with Gasteiger partial charge >= 0.3 is 24.1 Å². The number of nitrogens with one attached hydrogen (secondary N) is 6. The predicted octanol–water partition coefficient (Wildman–Crippen LogP) is 2.30. The summed E-state index contributed by atoms with van der Waals surface area (Å²) in [4.78, 5) is 119. The first-order valence-electron chi connectivity index (χ1n) is 25.1. The molecule has 0 saturated carbocycles. The number of alkyl carbamates (subject to hydrolysis) is 2. The molecule has 8 rings (SSSR count). The highest BCUT2D eigenvalue weighted by molar-refractivity contribution is 5.91. The first-order chi connectivity index (χ1) is 37.9. The van der Waals surface area contributed by atoms with Crippen LogP contribution in [0.15, 0.2) is 82.9 Å². The molecule has 6 atom stereocenters. The molecule has 2 aromatic carbocycles. The van der Waals surface area contributed by atoms with E-state index in [1.165, 1.54) is 28.9 Å². The minimum Gasteiger partial charge on any atom is -0.460 e. The summed E-state index contributed by atoms with van der Waals surface area (Å²) < 4.78 is 49.2. The van der Waals surface area contributed by atoms with Gasteiger partial charge in [0.15, 0.2) is 22.3 Å². The minimum absolute atomic E-state index is 0.0211. The monoisotopic (exact) mass is 1080 g/mol. The second-order valence-corrected chi connectivity index (χ2v) is 17.6. The SMILES string of the molecule is CC(C)C(=O)Nc1nc2c(ncn2[C@H]2CC(OC(=O)NCC(=O)OCc3ccccc3)[C@@H](CO)O2)c(=O)[nH]1.[2H]C[C@H]1O[C@@H](n2cnc3c(=O)[nH]c(NC(=O)C(C)C)nc32)CC1OC(=O)NCC(=O)OCc1ccccc1.[3H]OC. The van der Waals surface area contributed by atoms with Crippen molar-refractivity contribution in [3.05, 3.63) is 105 Å². The Labute approximate surface area is 441 Å². The van der Waals surface area contributed by atoms with Gasteiger partial charge in [-0.15, -0.1) is 0 Å². The third-order valence-electron chi connectivity index (χ3n) is 11.3. The maximum absolute atomic E-state index is 12.5. The average Bonchev–Trinajstić information content (AvgIpc) is 4.36. The Hall–Kier alpha value is -8.60. The second-order valence-electron chi connectivity index (χ2n) is 17.6. The maximum Gasteiger partial charge on any atom is 0.408 e. The summed E-state index contributed by atoms with van der Waals surface area (Å²) in [6, 6.07) is 18.2. The fourth-order valence-corrected chi connectivity index (χ4v) is 7.30. The summed E-state index contributed by atoms with van der Waals surface area (Å²) >= 11 is 0. The number of rotatable bonds is 17. The molecule has 2 saturated heterocycles. The molecule has 4 amide bonds. The Morgan fingerprint density at radius 1 is 0.727 bits per heavy atom. The number of aliphatic hydroxyl groups excluding tert-OH is 2. The Bertz CT molecular complexity index is 2950. The van der Waals surface area contributed by atoms with Crippen molar-refractivity contribution in [2.45, 2.75) is 97.5 Å². The molecule has 6 aromatic rings. The van der Waals surface area contributed by atoms with E-state index in [9.17, 15) is 43.5 Å². The van der Waals surface area contributed by atoms with Crippen molar-refractivity contribution in [2.24, 2.45) is 11.8 Å². The van der Waals surface area contributed by atoms with Crippen molar-refractivity contribution in [2.75, 3.05) is 37.4 Å². The van der Waals surface area contributed by atoms with E-state index >= 15 is 0 Å². The number of ether oxygens (including phenoxy) is 6. The smallest absolute Gasteiger partial charge is 0.408 e. The number of amides is 4. The van der Waals surface area contributed by atoms with Gasteiger partial charge in [0.25, 0.3) is 11.1 Å². The minimum atomic E-state index is -0.891. The number of hydrogen-bond donors (Lipinski definition) is 8. The molecule has 2 aliphatic heterocycles. The highest BCUT2D eigenvalue weighted by Crippen LogP contribution is 2.34. The molecule has 2 fully saturated rings. The lowest BCUT2D eigenvalue weighted by atomic mass is 10.2. The van der Waals surface area contributed by atoms with Gasteiger partial charge in [0, 0.05) is 33.2 Å². The number of H-pyrrole nitrogens is 2. The summed E-state index contributed by atoms with van der Waals surface area (Å²) in [6.07, 6.45) is -3.67. The number of imidazole rings is 2. The summed E-state index contributed by atoms with van der Waals surface area (Å²) in [5, 5.41) is 23.0. The lowest BCUT2D eigenvalue weighted by Crippen LogP contribution is -2.37. The zero-order valence-corrected chi connectivity index (χ0v) is 42.5. The molecule has 4 aromatic heterocycles. The number of esters is 2. The Morgan fingerprint density at radius 3 is 1.58 bits per heavy atom. The molecule has 2 aliphatic rings. The van der Waals surface area contributed by atoms with E-state index in [1.807, 2.05) is 48.5 Å². The maximum atomic E-state index is 12.5. The predicted molar refractivity (Wildman–Crippen MR) is 270 cm³/mol. The van der Waals surface area contributed by atoms with Crippen molar-refractivity contribution in [1.82, 2.24) is 49.7 Å². The van der Waals surface area contributed by atoms with Crippen LogP contribution in [0.3, 0.4) is 0 Å². The van der Waals surface area contributed by atoms with E-state index in [0.29, 0.717) is 0 Å². The van der Waals surface area contributed by atoms with Crippen LogP contribution in [0.25, 0.3) is 22.3 Å². The molecule has 28 heteroatoms. The zero-order chi connectivity index (χ0) is 57.2. The highest BCUT2D eigenvalue weighted by atomic mass is 16.6. The fourth-order valence-electron chi connectivity index (χ4n) is 7.30. The normalized spacial score (nSPS) is 18.9. The van der Waals surface area contributed by atoms with E-state index in [2.05, 4.69) is 56.3 Å². The zero-order valence-electron chi connectivity index (χ0n) is 44.5. The lowest BCUT2D eigenvalue weighted by molar-refractivity contribution is -0.144. The van der Waals surface area contributed by atoms with Crippen LogP contribution in [0, 0.1) is 11.8 Å². The highest BCUT2D eigenvalue weighted by Gasteiger charge is 2.40. The van der Waals surface area contributed by atoms with E-state index < -0.39 is 91.8 Å². The number of nitrogens with zero attached hydrogens (tertiary/aromatic N) is 6. The first-order valence-corrected chi connectivity index (χ1v) is 23.9. The fraction of sp³-hybridized carbons (Fsp3) is 0.429. The number of hydrogen-bond acceptors (Lipinski definition) is 20. The van der Waals surface area contributed by atoms with Gasteiger partial charge in [-0.2, -0.15) is 9.97 Å². The van der Waals surface area contributed by atoms with Crippen LogP contribution in [-0.4, -0.2) is 138 Å². The molecule has 28 nitrogen and oxygen atoms in total.